The predicted octanol–water partition coefficient (Wildman–Crippen LogP) is 6.46. The van der Waals surface area contributed by atoms with Gasteiger partial charge in [0.05, 0.1) is 18.2 Å². The van der Waals surface area contributed by atoms with Crippen molar-refractivity contribution in [3.05, 3.63) is 78.4 Å². The van der Waals surface area contributed by atoms with Gasteiger partial charge >= 0.3 is 0 Å². The lowest BCUT2D eigenvalue weighted by Gasteiger charge is -2.08. The number of ether oxygens (including phenoxy) is 1. The van der Waals surface area contributed by atoms with Gasteiger partial charge in [-0.15, -0.1) is 0 Å². The van der Waals surface area contributed by atoms with Crippen LogP contribution in [0.25, 0.3) is 22.3 Å². The summed E-state index contributed by atoms with van der Waals surface area (Å²) in [5.74, 6) is 0.930. The Morgan fingerprint density at radius 1 is 0.692 bits per heavy atom. The zero-order valence-electron chi connectivity index (χ0n) is 15.1. The summed E-state index contributed by atoms with van der Waals surface area (Å²) in [6.07, 6.45) is 3.53. The average Bonchev–Trinajstić information content (AvgIpc) is 2.72. The van der Waals surface area contributed by atoms with Crippen LogP contribution < -0.4 is 4.74 Å². The van der Waals surface area contributed by atoms with Gasteiger partial charge in [-0.05, 0) is 52.9 Å². The van der Waals surface area contributed by atoms with Crippen molar-refractivity contribution in [3.8, 4) is 34.1 Å². The van der Waals surface area contributed by atoms with Gasteiger partial charge in [0.2, 0.25) is 0 Å². The molecule has 0 unspecified atom stereocenters. The van der Waals surface area contributed by atoms with Gasteiger partial charge in [-0.25, -0.2) is 0 Å². The van der Waals surface area contributed by atoms with Gasteiger partial charge < -0.3 is 4.74 Å². The molecule has 130 valence electrons. The zero-order valence-corrected chi connectivity index (χ0v) is 15.1. The Bertz CT molecular complexity index is 856. The van der Waals surface area contributed by atoms with Gasteiger partial charge in [0.15, 0.2) is 0 Å². The quantitative estimate of drug-likeness (QED) is 0.462. The molecule has 0 aliphatic heterocycles. The average molecular weight is 341 g/mol. The molecule has 0 fully saturated rings. The van der Waals surface area contributed by atoms with Crippen LogP contribution in [0.5, 0.6) is 5.75 Å². The van der Waals surface area contributed by atoms with E-state index in [0.717, 1.165) is 29.9 Å². The molecule has 0 aliphatic rings. The van der Waals surface area contributed by atoms with Crippen LogP contribution in [0.1, 0.15) is 31.7 Å². The Hall–Kier alpha value is -3.05. The number of nitriles is 1. The molecule has 3 aromatic rings. The van der Waals surface area contributed by atoms with Gasteiger partial charge in [-0.3, -0.25) is 0 Å². The van der Waals surface area contributed by atoms with E-state index in [9.17, 15) is 0 Å². The molecule has 0 bridgehead atoms. The maximum Gasteiger partial charge on any atom is 0.119 e. The largest absolute Gasteiger partial charge is 0.494 e. The molecule has 3 rings (SSSR count). The Kier molecular flexibility index (Phi) is 6.06. The van der Waals surface area contributed by atoms with Gasteiger partial charge in [0.1, 0.15) is 5.75 Å². The summed E-state index contributed by atoms with van der Waals surface area (Å²) in [4.78, 5) is 0. The molecule has 0 amide bonds. The summed E-state index contributed by atoms with van der Waals surface area (Å²) >= 11 is 0. The van der Waals surface area contributed by atoms with E-state index in [0.29, 0.717) is 5.56 Å². The first-order valence-electron chi connectivity index (χ1n) is 9.14. The zero-order chi connectivity index (χ0) is 18.2. The SMILES string of the molecule is CCCCCOc1ccc(-c2ccc(-c3ccc(C#N)cc3)cc2)cc1. The predicted molar refractivity (Wildman–Crippen MR) is 107 cm³/mol. The van der Waals surface area contributed by atoms with Crippen molar-refractivity contribution in [2.45, 2.75) is 26.2 Å². The maximum atomic E-state index is 8.89. The number of unbranched alkanes of at least 4 members (excludes halogenated alkanes) is 2. The van der Waals surface area contributed by atoms with E-state index in [4.69, 9.17) is 10.00 Å². The summed E-state index contributed by atoms with van der Waals surface area (Å²) in [6.45, 7) is 2.98. The number of hydrogen-bond donors (Lipinski definition) is 0. The van der Waals surface area contributed by atoms with E-state index in [1.165, 1.54) is 24.0 Å². The highest BCUT2D eigenvalue weighted by molar-refractivity contribution is 5.71. The van der Waals surface area contributed by atoms with Crippen molar-refractivity contribution in [2.24, 2.45) is 0 Å². The molecule has 0 aromatic heterocycles. The van der Waals surface area contributed by atoms with Crippen molar-refractivity contribution in [2.75, 3.05) is 6.61 Å². The van der Waals surface area contributed by atoms with Crippen molar-refractivity contribution in [1.82, 2.24) is 0 Å². The Morgan fingerprint density at radius 2 is 1.15 bits per heavy atom. The Balaban J connectivity index is 1.67. The Labute approximate surface area is 155 Å². The van der Waals surface area contributed by atoms with Crippen molar-refractivity contribution >= 4 is 0 Å². The number of hydrogen-bond acceptors (Lipinski definition) is 2. The lowest BCUT2D eigenvalue weighted by Crippen LogP contribution is -1.96. The first-order valence-corrected chi connectivity index (χ1v) is 9.14. The molecule has 3 aromatic carbocycles. The van der Waals surface area contributed by atoms with Gasteiger partial charge in [0, 0.05) is 0 Å². The van der Waals surface area contributed by atoms with E-state index in [1.807, 2.05) is 36.4 Å². The fraction of sp³-hybridized carbons (Fsp3) is 0.208. The van der Waals surface area contributed by atoms with E-state index in [2.05, 4.69) is 49.4 Å². The highest BCUT2D eigenvalue weighted by Crippen LogP contribution is 2.26. The second kappa shape index (κ2) is 8.87. The third-order valence-electron chi connectivity index (χ3n) is 4.44. The molecule has 2 nitrogen and oxygen atoms in total. The lowest BCUT2D eigenvalue weighted by atomic mass is 10.00. The fourth-order valence-electron chi connectivity index (χ4n) is 2.88. The molecule has 0 spiro atoms. The second-order valence-electron chi connectivity index (χ2n) is 6.35. The maximum absolute atomic E-state index is 8.89. The first kappa shape index (κ1) is 17.8. The molecule has 0 radical (unpaired) electrons. The van der Waals surface area contributed by atoms with Gasteiger partial charge in [0.25, 0.3) is 0 Å². The third kappa shape index (κ3) is 4.52. The normalized spacial score (nSPS) is 10.3. The molecule has 0 saturated heterocycles. The van der Waals surface area contributed by atoms with E-state index < -0.39 is 0 Å². The molecule has 0 saturated carbocycles. The summed E-state index contributed by atoms with van der Waals surface area (Å²) < 4.78 is 5.77. The van der Waals surface area contributed by atoms with Crippen molar-refractivity contribution in [3.63, 3.8) is 0 Å². The molecule has 2 heteroatoms. The minimum absolute atomic E-state index is 0.683. The van der Waals surface area contributed by atoms with Crippen LogP contribution in [-0.4, -0.2) is 6.61 Å². The summed E-state index contributed by atoms with van der Waals surface area (Å²) in [6, 6.07) is 26.6. The van der Waals surface area contributed by atoms with E-state index >= 15 is 0 Å². The molecule has 0 aliphatic carbocycles. The third-order valence-corrected chi connectivity index (χ3v) is 4.44. The highest BCUT2D eigenvalue weighted by Gasteiger charge is 2.02. The molecular weight excluding hydrogens is 318 g/mol. The van der Waals surface area contributed by atoms with Crippen LogP contribution in [0.4, 0.5) is 0 Å². The smallest absolute Gasteiger partial charge is 0.119 e. The van der Waals surface area contributed by atoms with Crippen molar-refractivity contribution in [1.29, 1.82) is 5.26 Å². The topological polar surface area (TPSA) is 33.0 Å². The van der Waals surface area contributed by atoms with Crippen LogP contribution in [0.15, 0.2) is 72.8 Å². The first-order chi connectivity index (χ1) is 12.8. The molecule has 0 heterocycles. The molecule has 0 atom stereocenters. The fourth-order valence-corrected chi connectivity index (χ4v) is 2.88. The van der Waals surface area contributed by atoms with E-state index in [1.54, 1.807) is 0 Å². The molecule has 0 N–H and O–H groups in total. The summed E-state index contributed by atoms with van der Waals surface area (Å²) in [7, 11) is 0. The minimum Gasteiger partial charge on any atom is -0.494 e. The minimum atomic E-state index is 0.683. The Morgan fingerprint density at radius 3 is 1.62 bits per heavy atom. The van der Waals surface area contributed by atoms with Crippen molar-refractivity contribution < 1.29 is 4.74 Å². The van der Waals surface area contributed by atoms with Crippen LogP contribution in [-0.2, 0) is 0 Å². The summed E-state index contributed by atoms with van der Waals surface area (Å²) in [5, 5.41) is 8.89. The lowest BCUT2D eigenvalue weighted by molar-refractivity contribution is 0.306. The van der Waals surface area contributed by atoms with Crippen LogP contribution in [0.3, 0.4) is 0 Å². The van der Waals surface area contributed by atoms with Gasteiger partial charge in [-0.1, -0.05) is 68.3 Å². The number of benzene rings is 3. The highest BCUT2D eigenvalue weighted by atomic mass is 16.5. The number of nitrogens with zero attached hydrogens (tertiary/aromatic N) is 1. The molecule has 26 heavy (non-hydrogen) atoms. The van der Waals surface area contributed by atoms with Crippen LogP contribution in [0, 0.1) is 11.3 Å². The standard InChI is InChI=1S/C24H23NO/c1-2-3-4-17-26-24-15-13-23(14-16-24)22-11-9-21(10-12-22)20-7-5-19(18-25)6-8-20/h5-16H,2-4,17H2,1H3. The van der Waals surface area contributed by atoms with Crippen LogP contribution >= 0.6 is 0 Å². The monoisotopic (exact) mass is 341 g/mol. The van der Waals surface area contributed by atoms with Gasteiger partial charge in [-0.2, -0.15) is 5.26 Å². The summed E-state index contributed by atoms with van der Waals surface area (Å²) in [5.41, 5.74) is 5.31. The second-order valence-corrected chi connectivity index (χ2v) is 6.35. The van der Waals surface area contributed by atoms with Crippen LogP contribution in [0.2, 0.25) is 0 Å². The molecular formula is C24H23NO. The van der Waals surface area contributed by atoms with E-state index in [-0.39, 0.29) is 0 Å². The number of rotatable bonds is 7.